The number of nitrogens with zero attached hydrogens (tertiary/aromatic N) is 1. The Morgan fingerprint density at radius 1 is 0.583 bits per heavy atom. The number of carbonyl (C=O) groups is 1. The Balaban J connectivity index is 1.19. The number of aromatic nitrogens is 1. The van der Waals surface area contributed by atoms with Crippen LogP contribution in [0.5, 0.6) is 0 Å². The minimum absolute atomic E-state index is 0.172. The van der Waals surface area contributed by atoms with E-state index in [2.05, 4.69) is 34.6 Å². The van der Waals surface area contributed by atoms with Gasteiger partial charge in [-0.3, -0.25) is 4.79 Å². The average molecular weight is 467 g/mol. The Morgan fingerprint density at radius 3 is 1.72 bits per heavy atom. The van der Waals surface area contributed by atoms with Crippen LogP contribution in [0.1, 0.15) is 10.4 Å². The van der Waals surface area contributed by atoms with Crippen molar-refractivity contribution in [2.75, 3.05) is 5.32 Å². The molecule has 5 aromatic carbocycles. The number of amides is 1. The lowest BCUT2D eigenvalue weighted by Gasteiger charge is -2.06. The minimum atomic E-state index is -0.172. The normalized spacial score (nSPS) is 10.9. The maximum atomic E-state index is 12.8. The highest BCUT2D eigenvalue weighted by atomic mass is 16.3. The molecular formula is C32H22N2O2. The van der Waals surface area contributed by atoms with E-state index in [0.29, 0.717) is 28.2 Å². The molecule has 4 heteroatoms. The highest BCUT2D eigenvalue weighted by molar-refractivity contribution is 6.05. The van der Waals surface area contributed by atoms with E-state index in [-0.39, 0.29) is 5.91 Å². The zero-order valence-corrected chi connectivity index (χ0v) is 19.4. The summed E-state index contributed by atoms with van der Waals surface area (Å²) in [6, 6.07) is 41.5. The number of oxazole rings is 1. The van der Waals surface area contributed by atoms with Crippen molar-refractivity contribution in [2.24, 2.45) is 0 Å². The zero-order valence-electron chi connectivity index (χ0n) is 19.4. The average Bonchev–Trinajstić information content (AvgIpc) is 3.38. The van der Waals surface area contributed by atoms with E-state index < -0.39 is 0 Å². The van der Waals surface area contributed by atoms with Gasteiger partial charge in [0.25, 0.3) is 5.91 Å². The third kappa shape index (κ3) is 4.40. The fourth-order valence-corrected chi connectivity index (χ4v) is 4.21. The van der Waals surface area contributed by atoms with E-state index >= 15 is 0 Å². The maximum Gasteiger partial charge on any atom is 0.255 e. The van der Waals surface area contributed by atoms with Gasteiger partial charge in [0.05, 0.1) is 0 Å². The first kappa shape index (κ1) is 21.6. The van der Waals surface area contributed by atoms with Crippen LogP contribution in [0.25, 0.3) is 44.8 Å². The second-order valence-electron chi connectivity index (χ2n) is 8.54. The van der Waals surface area contributed by atoms with Crippen LogP contribution in [0.2, 0.25) is 0 Å². The Kier molecular flexibility index (Phi) is 5.60. The minimum Gasteiger partial charge on any atom is -0.436 e. The molecule has 1 amide bonds. The van der Waals surface area contributed by atoms with Crippen molar-refractivity contribution in [1.82, 2.24) is 4.98 Å². The number of hydrogen-bond donors (Lipinski definition) is 1. The summed E-state index contributed by atoms with van der Waals surface area (Å²) in [6.45, 7) is 0. The molecule has 1 aromatic heterocycles. The molecule has 172 valence electrons. The van der Waals surface area contributed by atoms with Gasteiger partial charge in [0.15, 0.2) is 5.58 Å². The summed E-state index contributed by atoms with van der Waals surface area (Å²) in [4.78, 5) is 17.5. The summed E-state index contributed by atoms with van der Waals surface area (Å²) in [7, 11) is 0. The lowest BCUT2D eigenvalue weighted by Crippen LogP contribution is -2.11. The number of anilines is 1. The van der Waals surface area contributed by atoms with E-state index in [9.17, 15) is 4.79 Å². The monoisotopic (exact) mass is 466 g/mol. The number of hydrogen-bond acceptors (Lipinski definition) is 3. The molecule has 0 aliphatic heterocycles. The van der Waals surface area contributed by atoms with E-state index in [4.69, 9.17) is 4.42 Å². The first-order chi connectivity index (χ1) is 17.7. The van der Waals surface area contributed by atoms with E-state index in [1.807, 2.05) is 103 Å². The number of carbonyl (C=O) groups excluding carboxylic acids is 1. The van der Waals surface area contributed by atoms with Crippen molar-refractivity contribution < 1.29 is 9.21 Å². The van der Waals surface area contributed by atoms with Gasteiger partial charge >= 0.3 is 0 Å². The number of fused-ring (bicyclic) bond motifs is 1. The van der Waals surface area contributed by atoms with Gasteiger partial charge in [-0.15, -0.1) is 0 Å². The van der Waals surface area contributed by atoms with Crippen molar-refractivity contribution >= 4 is 22.7 Å². The molecule has 6 rings (SSSR count). The third-order valence-corrected chi connectivity index (χ3v) is 6.14. The standard InChI is InChI=1S/C32H22N2O2/c35-31(26-15-11-24(12-16-26)22-7-3-1-4-8-22)33-28-19-20-30-29(21-28)34-32(36-30)27-17-13-25(14-18-27)23-9-5-2-6-10-23/h1-21H,(H,33,35). The number of rotatable bonds is 5. The summed E-state index contributed by atoms with van der Waals surface area (Å²) >= 11 is 0. The van der Waals surface area contributed by atoms with Crippen LogP contribution in [0.3, 0.4) is 0 Å². The fourth-order valence-electron chi connectivity index (χ4n) is 4.21. The predicted molar refractivity (Wildman–Crippen MR) is 145 cm³/mol. The van der Waals surface area contributed by atoms with Gasteiger partial charge in [-0.1, -0.05) is 84.9 Å². The molecule has 1 N–H and O–H groups in total. The van der Waals surface area contributed by atoms with Crippen LogP contribution >= 0.6 is 0 Å². The van der Waals surface area contributed by atoms with Crippen LogP contribution in [0.15, 0.2) is 132 Å². The molecule has 0 saturated carbocycles. The highest BCUT2D eigenvalue weighted by Gasteiger charge is 2.12. The summed E-state index contributed by atoms with van der Waals surface area (Å²) in [5.41, 5.74) is 8.00. The maximum absolute atomic E-state index is 12.8. The molecule has 0 aliphatic rings. The lowest BCUT2D eigenvalue weighted by molar-refractivity contribution is 0.102. The van der Waals surface area contributed by atoms with Crippen molar-refractivity contribution in [1.29, 1.82) is 0 Å². The van der Waals surface area contributed by atoms with Crippen LogP contribution in [-0.4, -0.2) is 10.9 Å². The van der Waals surface area contributed by atoms with E-state index in [1.165, 1.54) is 0 Å². The molecule has 0 spiro atoms. The van der Waals surface area contributed by atoms with Gasteiger partial charge < -0.3 is 9.73 Å². The van der Waals surface area contributed by atoms with Gasteiger partial charge in [0.1, 0.15) is 5.52 Å². The Labute approximate surface area is 208 Å². The summed E-state index contributed by atoms with van der Waals surface area (Å²) in [5.74, 6) is 0.374. The van der Waals surface area contributed by atoms with Gasteiger partial charge in [-0.25, -0.2) is 4.98 Å². The topological polar surface area (TPSA) is 55.1 Å². The zero-order chi connectivity index (χ0) is 24.3. The molecule has 4 nitrogen and oxygen atoms in total. The first-order valence-electron chi connectivity index (χ1n) is 11.8. The molecule has 0 bridgehead atoms. The predicted octanol–water partition coefficient (Wildman–Crippen LogP) is 8.08. The molecule has 0 unspecified atom stereocenters. The fraction of sp³-hybridized carbons (Fsp3) is 0. The Hall–Kier alpha value is -4.96. The second kappa shape index (κ2) is 9.35. The van der Waals surface area contributed by atoms with E-state index in [0.717, 1.165) is 27.8 Å². The number of benzene rings is 5. The molecule has 0 radical (unpaired) electrons. The van der Waals surface area contributed by atoms with Crippen molar-refractivity contribution in [3.8, 4) is 33.7 Å². The smallest absolute Gasteiger partial charge is 0.255 e. The molecule has 0 saturated heterocycles. The van der Waals surface area contributed by atoms with Crippen molar-refractivity contribution in [3.63, 3.8) is 0 Å². The SMILES string of the molecule is O=C(Nc1ccc2oc(-c3ccc(-c4ccccc4)cc3)nc2c1)c1ccc(-c2ccccc2)cc1. The second-order valence-corrected chi connectivity index (χ2v) is 8.54. The number of nitrogens with one attached hydrogen (secondary N) is 1. The van der Waals surface area contributed by atoms with E-state index in [1.54, 1.807) is 0 Å². The summed E-state index contributed by atoms with van der Waals surface area (Å²) in [5, 5.41) is 2.96. The highest BCUT2D eigenvalue weighted by Crippen LogP contribution is 2.29. The van der Waals surface area contributed by atoms with Crippen LogP contribution in [0, 0.1) is 0 Å². The molecule has 6 aromatic rings. The van der Waals surface area contributed by atoms with Crippen LogP contribution in [-0.2, 0) is 0 Å². The third-order valence-electron chi connectivity index (χ3n) is 6.14. The largest absolute Gasteiger partial charge is 0.436 e. The summed E-state index contributed by atoms with van der Waals surface area (Å²) in [6.07, 6.45) is 0. The van der Waals surface area contributed by atoms with Crippen LogP contribution in [0.4, 0.5) is 5.69 Å². The van der Waals surface area contributed by atoms with Gasteiger partial charge in [-0.2, -0.15) is 0 Å². The molecule has 0 aliphatic carbocycles. The lowest BCUT2D eigenvalue weighted by atomic mass is 10.0. The van der Waals surface area contributed by atoms with Crippen LogP contribution < -0.4 is 5.32 Å². The quantitative estimate of drug-likeness (QED) is 0.279. The molecular weight excluding hydrogens is 444 g/mol. The Morgan fingerprint density at radius 2 is 1.11 bits per heavy atom. The first-order valence-corrected chi connectivity index (χ1v) is 11.8. The molecule has 0 atom stereocenters. The molecule has 36 heavy (non-hydrogen) atoms. The molecule has 1 heterocycles. The van der Waals surface area contributed by atoms with Gasteiger partial charge in [0, 0.05) is 16.8 Å². The summed E-state index contributed by atoms with van der Waals surface area (Å²) < 4.78 is 5.98. The molecule has 0 fully saturated rings. The van der Waals surface area contributed by atoms with Crippen molar-refractivity contribution in [3.05, 3.63) is 133 Å². The van der Waals surface area contributed by atoms with Gasteiger partial charge in [-0.05, 0) is 64.7 Å². The Bertz CT molecular complexity index is 1640. The van der Waals surface area contributed by atoms with Gasteiger partial charge in [0.2, 0.25) is 5.89 Å². The van der Waals surface area contributed by atoms with Crippen molar-refractivity contribution in [2.45, 2.75) is 0 Å².